The standard InChI is InChI=1S/C21H19NO/c1-17(18-11-5-2-6-12-18)22(20-15-9-4-10-16-20)21(23)19-13-7-3-8-14-19/h2-17H,1H3. The Bertz CT molecular complexity index is 754. The molecule has 0 spiro atoms. The second-order valence-corrected chi connectivity index (χ2v) is 5.46. The molecule has 0 fully saturated rings. The van der Waals surface area contributed by atoms with Crippen LogP contribution < -0.4 is 4.90 Å². The van der Waals surface area contributed by atoms with Gasteiger partial charge in [0.2, 0.25) is 0 Å². The number of benzene rings is 3. The molecule has 0 radical (unpaired) electrons. The van der Waals surface area contributed by atoms with Crippen LogP contribution in [0.25, 0.3) is 0 Å². The molecule has 3 aromatic carbocycles. The Labute approximate surface area is 137 Å². The highest BCUT2D eigenvalue weighted by atomic mass is 16.2. The first kappa shape index (κ1) is 15.0. The molecule has 1 amide bonds. The van der Waals surface area contributed by atoms with Crippen molar-refractivity contribution in [3.63, 3.8) is 0 Å². The van der Waals surface area contributed by atoms with Crippen LogP contribution in [0.5, 0.6) is 0 Å². The second-order valence-electron chi connectivity index (χ2n) is 5.46. The number of amides is 1. The Hall–Kier alpha value is -2.87. The van der Waals surface area contributed by atoms with Crippen LogP contribution in [0.15, 0.2) is 91.0 Å². The molecule has 114 valence electrons. The molecule has 0 aliphatic carbocycles. The zero-order valence-corrected chi connectivity index (χ0v) is 13.1. The first-order valence-corrected chi connectivity index (χ1v) is 7.76. The summed E-state index contributed by atoms with van der Waals surface area (Å²) in [6.07, 6.45) is 0. The van der Waals surface area contributed by atoms with E-state index in [0.29, 0.717) is 5.56 Å². The van der Waals surface area contributed by atoms with Crippen molar-refractivity contribution in [3.05, 3.63) is 102 Å². The quantitative estimate of drug-likeness (QED) is 0.657. The Kier molecular flexibility index (Phi) is 4.53. The van der Waals surface area contributed by atoms with Crippen molar-refractivity contribution in [2.75, 3.05) is 4.90 Å². The Morgan fingerprint density at radius 2 is 1.22 bits per heavy atom. The molecule has 0 saturated carbocycles. The van der Waals surface area contributed by atoms with Gasteiger partial charge in [-0.1, -0.05) is 66.7 Å². The van der Waals surface area contributed by atoms with Crippen LogP contribution in [0.1, 0.15) is 28.9 Å². The van der Waals surface area contributed by atoms with Crippen molar-refractivity contribution in [1.82, 2.24) is 0 Å². The molecule has 0 aliphatic rings. The van der Waals surface area contributed by atoms with E-state index in [1.165, 1.54) is 0 Å². The molecular formula is C21H19NO. The summed E-state index contributed by atoms with van der Waals surface area (Å²) < 4.78 is 0. The van der Waals surface area contributed by atoms with Crippen LogP contribution in [0.3, 0.4) is 0 Å². The zero-order valence-electron chi connectivity index (χ0n) is 13.1. The summed E-state index contributed by atoms with van der Waals surface area (Å²) in [6.45, 7) is 2.06. The van der Waals surface area contributed by atoms with E-state index in [2.05, 4.69) is 19.1 Å². The van der Waals surface area contributed by atoms with E-state index in [-0.39, 0.29) is 11.9 Å². The highest BCUT2D eigenvalue weighted by molar-refractivity contribution is 6.06. The van der Waals surface area contributed by atoms with Gasteiger partial charge >= 0.3 is 0 Å². The van der Waals surface area contributed by atoms with Gasteiger partial charge in [-0.15, -0.1) is 0 Å². The van der Waals surface area contributed by atoms with Crippen LogP contribution in [0.4, 0.5) is 5.69 Å². The monoisotopic (exact) mass is 301 g/mol. The van der Waals surface area contributed by atoms with Crippen LogP contribution in [-0.4, -0.2) is 5.91 Å². The van der Waals surface area contributed by atoms with Crippen molar-refractivity contribution in [1.29, 1.82) is 0 Å². The van der Waals surface area contributed by atoms with Gasteiger partial charge in [-0.3, -0.25) is 4.79 Å². The van der Waals surface area contributed by atoms with Crippen molar-refractivity contribution in [2.45, 2.75) is 13.0 Å². The third kappa shape index (κ3) is 3.32. The summed E-state index contributed by atoms with van der Waals surface area (Å²) in [4.78, 5) is 14.9. The molecule has 0 heterocycles. The summed E-state index contributed by atoms with van der Waals surface area (Å²) in [5.74, 6) is 0.00755. The lowest BCUT2D eigenvalue weighted by Gasteiger charge is -2.30. The minimum Gasteiger partial charge on any atom is -0.301 e. The Morgan fingerprint density at radius 3 is 1.78 bits per heavy atom. The highest BCUT2D eigenvalue weighted by Crippen LogP contribution is 2.28. The fraction of sp³-hybridized carbons (Fsp3) is 0.0952. The van der Waals surface area contributed by atoms with Gasteiger partial charge in [0.05, 0.1) is 6.04 Å². The largest absolute Gasteiger partial charge is 0.301 e. The number of hydrogen-bond acceptors (Lipinski definition) is 1. The van der Waals surface area contributed by atoms with E-state index in [4.69, 9.17) is 0 Å². The van der Waals surface area contributed by atoms with Gasteiger partial charge in [0.15, 0.2) is 0 Å². The minimum atomic E-state index is -0.0497. The van der Waals surface area contributed by atoms with Gasteiger partial charge in [-0.25, -0.2) is 0 Å². The molecule has 0 N–H and O–H groups in total. The summed E-state index contributed by atoms with van der Waals surface area (Å²) in [6, 6.07) is 29.3. The van der Waals surface area contributed by atoms with Crippen LogP contribution in [-0.2, 0) is 0 Å². The van der Waals surface area contributed by atoms with Crippen molar-refractivity contribution >= 4 is 11.6 Å². The molecule has 23 heavy (non-hydrogen) atoms. The average Bonchev–Trinajstić information content (AvgIpc) is 2.64. The van der Waals surface area contributed by atoms with Crippen molar-refractivity contribution in [2.24, 2.45) is 0 Å². The molecule has 3 aromatic rings. The maximum atomic E-state index is 13.1. The second kappa shape index (κ2) is 6.93. The van der Waals surface area contributed by atoms with E-state index in [0.717, 1.165) is 11.3 Å². The Balaban J connectivity index is 2.03. The lowest BCUT2D eigenvalue weighted by Crippen LogP contribution is -2.33. The predicted molar refractivity (Wildman–Crippen MR) is 94.6 cm³/mol. The summed E-state index contributed by atoms with van der Waals surface area (Å²) in [7, 11) is 0. The molecule has 0 bridgehead atoms. The van der Waals surface area contributed by atoms with Gasteiger partial charge in [0.25, 0.3) is 5.91 Å². The third-order valence-electron chi connectivity index (χ3n) is 3.94. The number of carbonyl (C=O) groups is 1. The van der Waals surface area contributed by atoms with Gasteiger partial charge in [0.1, 0.15) is 0 Å². The zero-order chi connectivity index (χ0) is 16.1. The molecule has 0 aromatic heterocycles. The van der Waals surface area contributed by atoms with E-state index in [1.807, 2.05) is 83.8 Å². The minimum absolute atomic E-state index is 0.00755. The van der Waals surface area contributed by atoms with Crippen LogP contribution >= 0.6 is 0 Å². The molecule has 1 unspecified atom stereocenters. The van der Waals surface area contributed by atoms with Crippen LogP contribution in [0.2, 0.25) is 0 Å². The fourth-order valence-corrected chi connectivity index (χ4v) is 2.71. The molecular weight excluding hydrogens is 282 g/mol. The normalized spacial score (nSPS) is 11.7. The van der Waals surface area contributed by atoms with Crippen molar-refractivity contribution < 1.29 is 4.79 Å². The van der Waals surface area contributed by atoms with Gasteiger partial charge in [-0.2, -0.15) is 0 Å². The summed E-state index contributed by atoms with van der Waals surface area (Å²) >= 11 is 0. The van der Waals surface area contributed by atoms with E-state index < -0.39 is 0 Å². The maximum absolute atomic E-state index is 13.1. The highest BCUT2D eigenvalue weighted by Gasteiger charge is 2.24. The number of rotatable bonds is 4. The molecule has 2 heteroatoms. The number of hydrogen-bond donors (Lipinski definition) is 0. The summed E-state index contributed by atoms with van der Waals surface area (Å²) in [5.41, 5.74) is 2.71. The lowest BCUT2D eigenvalue weighted by molar-refractivity contribution is 0.0978. The topological polar surface area (TPSA) is 20.3 Å². The number of nitrogens with zero attached hydrogens (tertiary/aromatic N) is 1. The first-order chi connectivity index (χ1) is 11.3. The molecule has 0 aliphatic heterocycles. The Morgan fingerprint density at radius 1 is 0.739 bits per heavy atom. The molecule has 0 saturated heterocycles. The van der Waals surface area contributed by atoms with E-state index >= 15 is 0 Å². The third-order valence-corrected chi connectivity index (χ3v) is 3.94. The number of para-hydroxylation sites is 1. The first-order valence-electron chi connectivity index (χ1n) is 7.76. The number of anilines is 1. The lowest BCUT2D eigenvalue weighted by atomic mass is 10.0. The van der Waals surface area contributed by atoms with Gasteiger partial charge in [0, 0.05) is 11.3 Å². The van der Waals surface area contributed by atoms with Crippen molar-refractivity contribution in [3.8, 4) is 0 Å². The SMILES string of the molecule is CC(c1ccccc1)N(C(=O)c1ccccc1)c1ccccc1. The number of carbonyl (C=O) groups excluding carboxylic acids is 1. The summed E-state index contributed by atoms with van der Waals surface area (Å²) in [5, 5.41) is 0. The van der Waals surface area contributed by atoms with E-state index in [1.54, 1.807) is 0 Å². The van der Waals surface area contributed by atoms with Gasteiger partial charge < -0.3 is 4.90 Å². The molecule has 1 atom stereocenters. The maximum Gasteiger partial charge on any atom is 0.258 e. The van der Waals surface area contributed by atoms with Gasteiger partial charge in [-0.05, 0) is 36.8 Å². The predicted octanol–water partition coefficient (Wildman–Crippen LogP) is 5.09. The van der Waals surface area contributed by atoms with Crippen LogP contribution in [0, 0.1) is 0 Å². The smallest absolute Gasteiger partial charge is 0.258 e. The fourth-order valence-electron chi connectivity index (χ4n) is 2.71. The molecule has 2 nitrogen and oxygen atoms in total. The molecule has 3 rings (SSSR count). The average molecular weight is 301 g/mol. The van der Waals surface area contributed by atoms with E-state index in [9.17, 15) is 4.79 Å².